The van der Waals surface area contributed by atoms with E-state index in [1.165, 1.54) is 23.6 Å². The zero-order chi connectivity index (χ0) is 21.2. The molecule has 1 fully saturated rings. The normalized spacial score (nSPS) is 14.7. The van der Waals surface area contributed by atoms with Crippen molar-refractivity contribution in [3.63, 3.8) is 0 Å². The Kier molecular flexibility index (Phi) is 5.55. The van der Waals surface area contributed by atoms with E-state index in [1.807, 2.05) is 22.9 Å². The minimum absolute atomic E-state index is 0.0492. The van der Waals surface area contributed by atoms with Crippen LogP contribution in [0.3, 0.4) is 0 Å². The van der Waals surface area contributed by atoms with E-state index < -0.39 is 4.92 Å². The topological polar surface area (TPSA) is 104 Å². The first-order chi connectivity index (χ1) is 15.2. The van der Waals surface area contributed by atoms with Crippen molar-refractivity contribution in [3.8, 4) is 22.1 Å². The minimum atomic E-state index is -0.559. The highest BCUT2D eigenvalue weighted by atomic mass is 32.1. The molecule has 5 heterocycles. The lowest BCUT2D eigenvalue weighted by atomic mass is 10.2. The molecule has 0 atom stereocenters. The number of ether oxygens (including phenoxy) is 2. The first-order valence-electron chi connectivity index (χ1n) is 9.58. The lowest BCUT2D eigenvalue weighted by molar-refractivity contribution is -0.390. The van der Waals surface area contributed by atoms with Crippen molar-refractivity contribution in [2.24, 2.45) is 0 Å². The van der Waals surface area contributed by atoms with Crippen LogP contribution >= 0.6 is 22.7 Å². The van der Waals surface area contributed by atoms with E-state index in [4.69, 9.17) is 14.5 Å². The number of hydrogen-bond acceptors (Lipinski definition) is 10. The maximum Gasteiger partial charge on any atom is 0.406 e. The number of fused-ring (bicyclic) bond motifs is 1. The van der Waals surface area contributed by atoms with Gasteiger partial charge in [0.1, 0.15) is 16.9 Å². The third-order valence-electron chi connectivity index (χ3n) is 4.83. The third kappa shape index (κ3) is 4.12. The monoisotopic (exact) mass is 455 g/mol. The molecule has 158 valence electrons. The van der Waals surface area contributed by atoms with Gasteiger partial charge in [0.2, 0.25) is 11.6 Å². The molecule has 4 aromatic heterocycles. The smallest absolute Gasteiger partial charge is 0.406 e. The van der Waals surface area contributed by atoms with Gasteiger partial charge in [0.15, 0.2) is 0 Å². The summed E-state index contributed by atoms with van der Waals surface area (Å²) in [7, 11) is 0. The van der Waals surface area contributed by atoms with E-state index in [0.717, 1.165) is 33.7 Å². The molecule has 0 amide bonds. The van der Waals surface area contributed by atoms with Gasteiger partial charge in [-0.1, -0.05) is 6.07 Å². The second-order valence-corrected chi connectivity index (χ2v) is 8.63. The van der Waals surface area contributed by atoms with E-state index in [2.05, 4.69) is 14.9 Å². The van der Waals surface area contributed by atoms with Crippen LogP contribution in [0.2, 0.25) is 0 Å². The SMILES string of the molecule is O=[N+]([O-])c1ncccc1Oc1nc(CN2CCOCC2)nc2scc(-c3cccs3)c12. The average Bonchev–Trinajstić information content (AvgIpc) is 3.44. The predicted molar refractivity (Wildman–Crippen MR) is 118 cm³/mol. The van der Waals surface area contributed by atoms with Gasteiger partial charge in [-0.3, -0.25) is 4.90 Å². The Bertz CT molecular complexity index is 1220. The summed E-state index contributed by atoms with van der Waals surface area (Å²) in [6, 6.07) is 7.12. The largest absolute Gasteiger partial charge is 0.429 e. The molecular formula is C20H17N5O4S2. The Hall–Kier alpha value is -2.99. The molecule has 1 saturated heterocycles. The van der Waals surface area contributed by atoms with Crippen LogP contribution in [0.1, 0.15) is 5.82 Å². The van der Waals surface area contributed by atoms with Gasteiger partial charge in [0.05, 0.1) is 25.1 Å². The van der Waals surface area contributed by atoms with Crippen LogP contribution in [0, 0.1) is 10.1 Å². The number of aromatic nitrogens is 3. The molecule has 0 aliphatic carbocycles. The Morgan fingerprint density at radius 2 is 2.06 bits per heavy atom. The fraction of sp³-hybridized carbons (Fsp3) is 0.250. The van der Waals surface area contributed by atoms with Gasteiger partial charge < -0.3 is 19.6 Å². The second kappa shape index (κ2) is 8.63. The van der Waals surface area contributed by atoms with Crippen molar-refractivity contribution >= 4 is 38.7 Å². The summed E-state index contributed by atoms with van der Waals surface area (Å²) in [5, 5.41) is 16.2. The molecule has 0 unspecified atom stereocenters. The zero-order valence-corrected chi connectivity index (χ0v) is 17.9. The maximum absolute atomic E-state index is 11.4. The molecule has 0 N–H and O–H groups in total. The highest BCUT2D eigenvalue weighted by Gasteiger charge is 2.23. The van der Waals surface area contributed by atoms with E-state index >= 15 is 0 Å². The average molecular weight is 456 g/mol. The van der Waals surface area contributed by atoms with E-state index in [0.29, 0.717) is 31.5 Å². The van der Waals surface area contributed by atoms with Gasteiger partial charge in [-0.05, 0) is 33.5 Å². The van der Waals surface area contributed by atoms with Crippen LogP contribution in [0.5, 0.6) is 11.6 Å². The summed E-state index contributed by atoms with van der Waals surface area (Å²) in [5.74, 6) is 0.606. The lowest BCUT2D eigenvalue weighted by Gasteiger charge is -2.25. The van der Waals surface area contributed by atoms with E-state index in [9.17, 15) is 10.1 Å². The van der Waals surface area contributed by atoms with Gasteiger partial charge in [0, 0.05) is 28.9 Å². The summed E-state index contributed by atoms with van der Waals surface area (Å²) in [4.78, 5) is 28.2. The molecule has 9 nitrogen and oxygen atoms in total. The number of nitrogens with zero attached hydrogens (tertiary/aromatic N) is 5. The Labute approximate surface area is 185 Å². The Morgan fingerprint density at radius 1 is 1.19 bits per heavy atom. The zero-order valence-electron chi connectivity index (χ0n) is 16.3. The maximum atomic E-state index is 11.4. The van der Waals surface area contributed by atoms with Crippen molar-refractivity contribution in [1.82, 2.24) is 19.9 Å². The Morgan fingerprint density at radius 3 is 2.84 bits per heavy atom. The van der Waals surface area contributed by atoms with Crippen molar-refractivity contribution < 1.29 is 14.4 Å². The van der Waals surface area contributed by atoms with Gasteiger partial charge in [0.25, 0.3) is 0 Å². The molecule has 4 aromatic rings. The van der Waals surface area contributed by atoms with Gasteiger partial charge in [-0.2, -0.15) is 4.98 Å². The fourth-order valence-corrected chi connectivity index (χ4v) is 5.14. The molecule has 31 heavy (non-hydrogen) atoms. The van der Waals surface area contributed by atoms with Crippen LogP contribution in [0.4, 0.5) is 5.82 Å². The first-order valence-corrected chi connectivity index (χ1v) is 11.3. The van der Waals surface area contributed by atoms with Crippen LogP contribution in [0.15, 0.2) is 41.2 Å². The molecule has 1 aliphatic heterocycles. The molecule has 0 bridgehead atoms. The number of thiophene rings is 2. The van der Waals surface area contributed by atoms with Crippen molar-refractivity contribution in [2.75, 3.05) is 26.3 Å². The highest BCUT2D eigenvalue weighted by molar-refractivity contribution is 7.18. The lowest BCUT2D eigenvalue weighted by Crippen LogP contribution is -2.36. The standard InChI is InChI=1S/C20H17N5O4S2/c26-25(27)18-14(3-1-5-21-18)29-19-17-13(15-4-2-10-30-15)12-31-20(17)23-16(22-19)11-24-6-8-28-9-7-24/h1-5,10,12H,6-9,11H2. The van der Waals surface area contributed by atoms with Crippen molar-refractivity contribution in [1.29, 1.82) is 0 Å². The van der Waals surface area contributed by atoms with Crippen molar-refractivity contribution in [3.05, 3.63) is 57.2 Å². The number of pyridine rings is 1. The third-order valence-corrected chi connectivity index (χ3v) is 6.61. The predicted octanol–water partition coefficient (Wildman–Crippen LogP) is 4.35. The molecule has 5 rings (SSSR count). The molecule has 0 aromatic carbocycles. The summed E-state index contributed by atoms with van der Waals surface area (Å²) in [5.41, 5.74) is 0.953. The van der Waals surface area contributed by atoms with Crippen LogP contribution in [-0.4, -0.2) is 51.1 Å². The summed E-state index contributed by atoms with van der Waals surface area (Å²) in [6.45, 7) is 3.51. The molecule has 0 spiro atoms. The van der Waals surface area contributed by atoms with Crippen LogP contribution < -0.4 is 4.74 Å². The fourth-order valence-electron chi connectivity index (χ4n) is 3.37. The molecule has 0 saturated carbocycles. The molecule has 1 aliphatic rings. The van der Waals surface area contributed by atoms with E-state index in [-0.39, 0.29) is 11.6 Å². The summed E-state index contributed by atoms with van der Waals surface area (Å²) >= 11 is 3.11. The van der Waals surface area contributed by atoms with Crippen molar-refractivity contribution in [2.45, 2.75) is 6.54 Å². The summed E-state index contributed by atoms with van der Waals surface area (Å²) < 4.78 is 11.4. The quantitative estimate of drug-likeness (QED) is 0.312. The van der Waals surface area contributed by atoms with Gasteiger partial charge in [-0.15, -0.1) is 22.7 Å². The number of hydrogen-bond donors (Lipinski definition) is 0. The Balaban J connectivity index is 1.60. The van der Waals surface area contributed by atoms with Gasteiger partial charge >= 0.3 is 5.82 Å². The van der Waals surface area contributed by atoms with Gasteiger partial charge in [-0.25, -0.2) is 4.98 Å². The first kappa shape index (κ1) is 19.9. The van der Waals surface area contributed by atoms with Crippen LogP contribution in [-0.2, 0) is 11.3 Å². The van der Waals surface area contributed by atoms with Crippen LogP contribution in [0.25, 0.3) is 20.7 Å². The molecule has 0 radical (unpaired) electrons. The molecule has 11 heteroatoms. The summed E-state index contributed by atoms with van der Waals surface area (Å²) in [6.07, 6.45) is 1.37. The highest BCUT2D eigenvalue weighted by Crippen LogP contribution is 2.42. The number of rotatable bonds is 6. The molecular weight excluding hydrogens is 438 g/mol. The number of nitro groups is 1. The number of morpholine rings is 1. The van der Waals surface area contributed by atoms with E-state index in [1.54, 1.807) is 17.4 Å². The second-order valence-electron chi connectivity index (χ2n) is 6.82. The minimum Gasteiger partial charge on any atom is -0.429 e.